The molecule has 6 heterocycles. The van der Waals surface area contributed by atoms with Gasteiger partial charge in [-0.2, -0.15) is 0 Å². The van der Waals surface area contributed by atoms with Crippen molar-refractivity contribution in [2.24, 2.45) is 11.8 Å². The Morgan fingerprint density at radius 3 is 2.04 bits per heavy atom. The maximum Gasteiger partial charge on any atom is 0.407 e. The summed E-state index contributed by atoms with van der Waals surface area (Å²) in [6, 6.07) is 6.80. The highest BCUT2D eigenvalue weighted by atomic mass is 32.1. The number of benzene rings is 1. The predicted octanol–water partition coefficient (Wildman–Crippen LogP) is 6.42. The minimum absolute atomic E-state index is 0.106. The quantitative estimate of drug-likeness (QED) is 0.131. The van der Waals surface area contributed by atoms with E-state index in [1.54, 1.807) is 11.3 Å². The molecule has 8 rings (SSSR count). The zero-order chi connectivity index (χ0) is 40.1. The lowest BCUT2D eigenvalue weighted by molar-refractivity contribution is -0.136. The molecular formula is C41H49N9O6S. The monoisotopic (exact) mass is 795 g/mol. The number of pyridine rings is 1. The van der Waals surface area contributed by atoms with Crippen molar-refractivity contribution in [2.75, 3.05) is 27.3 Å². The molecule has 4 aromatic heterocycles. The highest BCUT2D eigenvalue weighted by Crippen LogP contribution is 2.44. The Kier molecular flexibility index (Phi) is 10.4. The maximum atomic E-state index is 13.7. The van der Waals surface area contributed by atoms with Gasteiger partial charge >= 0.3 is 12.2 Å². The number of rotatable bonds is 9. The topological polar surface area (TPSA) is 188 Å². The summed E-state index contributed by atoms with van der Waals surface area (Å²) >= 11 is 1.72. The molecule has 1 aliphatic carbocycles. The van der Waals surface area contributed by atoms with Crippen LogP contribution in [0, 0.1) is 11.8 Å². The van der Waals surface area contributed by atoms with Crippen LogP contribution in [0.4, 0.5) is 9.59 Å². The molecule has 0 radical (unpaired) electrons. The van der Waals surface area contributed by atoms with E-state index in [1.165, 1.54) is 19.8 Å². The number of carbonyl (C=O) groups is 4. The van der Waals surface area contributed by atoms with Gasteiger partial charge in [0.05, 0.1) is 36.7 Å². The van der Waals surface area contributed by atoms with Crippen molar-refractivity contribution < 1.29 is 28.7 Å². The van der Waals surface area contributed by atoms with E-state index in [4.69, 9.17) is 24.4 Å². The lowest BCUT2D eigenvalue weighted by atomic mass is 9.99. The van der Waals surface area contributed by atoms with Crippen LogP contribution < -0.4 is 10.6 Å². The Bertz CT molecular complexity index is 2360. The van der Waals surface area contributed by atoms with E-state index in [0.29, 0.717) is 24.6 Å². The Balaban J connectivity index is 1.04. The third kappa shape index (κ3) is 7.08. The normalized spacial score (nSPS) is 18.9. The summed E-state index contributed by atoms with van der Waals surface area (Å²) in [5.41, 5.74) is 5.78. The number of thiophene rings is 1. The first-order chi connectivity index (χ1) is 27.4. The third-order valence-electron chi connectivity index (χ3n) is 11.6. The first kappa shape index (κ1) is 38.4. The lowest BCUT2D eigenvalue weighted by Crippen LogP contribution is -2.51. The number of aryl methyl sites for hydroxylation is 2. The first-order valence-electron chi connectivity index (χ1n) is 19.8. The van der Waals surface area contributed by atoms with Gasteiger partial charge in [-0.3, -0.25) is 9.59 Å². The summed E-state index contributed by atoms with van der Waals surface area (Å²) < 4.78 is 9.58. The molecule has 4 atom stereocenters. The lowest BCUT2D eigenvalue weighted by Gasteiger charge is -2.30. The Hall–Kier alpha value is -5.51. The van der Waals surface area contributed by atoms with Crippen molar-refractivity contribution in [3.63, 3.8) is 0 Å². The Labute approximate surface area is 334 Å². The second kappa shape index (κ2) is 15.4. The average molecular weight is 796 g/mol. The molecule has 3 aliphatic rings. The number of hydrogen-bond donors (Lipinski definition) is 4. The molecule has 0 saturated carbocycles. The summed E-state index contributed by atoms with van der Waals surface area (Å²) in [5, 5.41) is 7.40. The van der Waals surface area contributed by atoms with Gasteiger partial charge in [-0.15, -0.1) is 11.3 Å². The number of imidazole rings is 2. The van der Waals surface area contributed by atoms with Gasteiger partial charge in [-0.05, 0) is 73.6 Å². The number of ether oxygens (including phenoxy) is 2. The molecule has 2 fully saturated rings. The van der Waals surface area contributed by atoms with Crippen LogP contribution in [0.3, 0.4) is 0 Å². The van der Waals surface area contributed by atoms with Crippen LogP contribution in [0.15, 0.2) is 30.5 Å². The zero-order valence-corrected chi connectivity index (χ0v) is 33.9. The fourth-order valence-electron chi connectivity index (χ4n) is 8.56. The van der Waals surface area contributed by atoms with E-state index < -0.39 is 24.3 Å². The molecule has 4 N–H and O–H groups in total. The van der Waals surface area contributed by atoms with Crippen LogP contribution >= 0.6 is 11.3 Å². The van der Waals surface area contributed by atoms with Crippen LogP contribution in [0.2, 0.25) is 0 Å². The van der Waals surface area contributed by atoms with E-state index >= 15 is 0 Å². The van der Waals surface area contributed by atoms with E-state index in [2.05, 4.69) is 44.9 Å². The summed E-state index contributed by atoms with van der Waals surface area (Å²) in [5.74, 6) is 0.966. The van der Waals surface area contributed by atoms with E-state index in [0.717, 1.165) is 87.3 Å². The summed E-state index contributed by atoms with van der Waals surface area (Å²) in [7, 11) is 2.59. The molecule has 4 amide bonds. The number of aromatic amines is 2. The van der Waals surface area contributed by atoms with Gasteiger partial charge < -0.3 is 39.9 Å². The van der Waals surface area contributed by atoms with Gasteiger partial charge in [0.15, 0.2) is 5.65 Å². The van der Waals surface area contributed by atoms with Gasteiger partial charge in [-0.1, -0.05) is 39.8 Å². The van der Waals surface area contributed by atoms with E-state index in [-0.39, 0.29) is 35.7 Å². The largest absolute Gasteiger partial charge is 0.453 e. The summed E-state index contributed by atoms with van der Waals surface area (Å²) in [4.78, 5) is 79.3. The molecule has 57 heavy (non-hydrogen) atoms. The van der Waals surface area contributed by atoms with Gasteiger partial charge in [0.25, 0.3) is 0 Å². The highest BCUT2D eigenvalue weighted by Gasteiger charge is 2.40. The third-order valence-corrected chi connectivity index (χ3v) is 12.8. The van der Waals surface area contributed by atoms with Crippen molar-refractivity contribution in [3.05, 3.63) is 53.4 Å². The number of fused-ring (bicyclic) bond motifs is 6. The summed E-state index contributed by atoms with van der Waals surface area (Å²) in [6.07, 6.45) is 5.55. The molecule has 15 nitrogen and oxygen atoms in total. The minimum atomic E-state index is -0.710. The molecule has 2 aliphatic heterocycles. The number of nitrogens with one attached hydrogen (secondary N) is 4. The van der Waals surface area contributed by atoms with Crippen molar-refractivity contribution in [1.29, 1.82) is 0 Å². The van der Waals surface area contributed by atoms with Crippen LogP contribution in [0.1, 0.15) is 88.4 Å². The Morgan fingerprint density at radius 1 is 0.825 bits per heavy atom. The molecule has 300 valence electrons. The molecule has 0 bridgehead atoms. The van der Waals surface area contributed by atoms with Crippen molar-refractivity contribution in [2.45, 2.75) is 90.4 Å². The number of aromatic nitrogens is 5. The van der Waals surface area contributed by atoms with Crippen LogP contribution in [-0.4, -0.2) is 98.1 Å². The van der Waals surface area contributed by atoms with Crippen LogP contribution in [0.25, 0.3) is 42.9 Å². The number of carbonyl (C=O) groups excluding carboxylic acids is 4. The molecule has 2 saturated heterocycles. The molecule has 16 heteroatoms. The number of hydrogen-bond acceptors (Lipinski definition) is 10. The number of methoxy groups -OCH3 is 2. The smallest absolute Gasteiger partial charge is 0.407 e. The predicted molar refractivity (Wildman–Crippen MR) is 215 cm³/mol. The molecule has 0 unspecified atom stereocenters. The van der Waals surface area contributed by atoms with Crippen molar-refractivity contribution in [3.8, 4) is 21.0 Å². The average Bonchev–Trinajstić information content (AvgIpc) is 4.05. The second-order valence-corrected chi connectivity index (χ2v) is 16.9. The van der Waals surface area contributed by atoms with Crippen LogP contribution in [0.5, 0.6) is 0 Å². The maximum absolute atomic E-state index is 13.7. The molecule has 5 aromatic rings. The van der Waals surface area contributed by atoms with Crippen molar-refractivity contribution in [1.82, 2.24) is 45.4 Å². The standard InChI is InChI=1S/C41H49N9O6S/c1-20(2)30(46-40(53)55-5)38(51)49-15-7-9-27(49)35-43-26-14-12-23-18-29(57-34(23)33(26)45-35)22-11-13-25-24(17-22)19-42-37-32(25)44-36(48-37)28-10-8-16-50(28)39(52)31(21(3)4)47-41(54)56-6/h11,13,17-21,27-28,30-31H,7-10,12,14-16H2,1-6H3,(H,43,45)(H,46,53)(H,47,54)(H,42,44,48)/t27-,28-,30-,31-/m0/s1. The second-order valence-electron chi connectivity index (χ2n) is 15.9. The summed E-state index contributed by atoms with van der Waals surface area (Å²) in [6.45, 7) is 8.81. The van der Waals surface area contributed by atoms with E-state index in [1.807, 2.05) is 43.7 Å². The highest BCUT2D eigenvalue weighted by molar-refractivity contribution is 7.19. The van der Waals surface area contributed by atoms with Crippen molar-refractivity contribution >= 4 is 57.3 Å². The number of nitrogens with zero attached hydrogens (tertiary/aromatic N) is 5. The van der Waals surface area contributed by atoms with E-state index in [9.17, 15) is 19.2 Å². The first-order valence-corrected chi connectivity index (χ1v) is 20.6. The fourth-order valence-corrected chi connectivity index (χ4v) is 9.78. The molecular weight excluding hydrogens is 747 g/mol. The van der Waals surface area contributed by atoms with Gasteiger partial charge in [0, 0.05) is 40.6 Å². The van der Waals surface area contributed by atoms with Gasteiger partial charge in [0.2, 0.25) is 11.8 Å². The number of likely N-dealkylation sites (tertiary alicyclic amines) is 2. The zero-order valence-electron chi connectivity index (χ0n) is 33.1. The number of H-pyrrole nitrogens is 2. The molecule has 1 aromatic carbocycles. The fraction of sp³-hybridized carbons (Fsp3) is 0.488. The number of alkyl carbamates (subject to hydrolysis) is 2. The molecule has 0 spiro atoms. The Morgan fingerprint density at radius 2 is 1.44 bits per heavy atom. The minimum Gasteiger partial charge on any atom is -0.453 e. The van der Waals surface area contributed by atoms with Gasteiger partial charge in [-0.25, -0.2) is 24.5 Å². The van der Waals surface area contributed by atoms with Gasteiger partial charge in [0.1, 0.15) is 29.4 Å². The van der Waals surface area contributed by atoms with Crippen LogP contribution in [-0.2, 0) is 31.9 Å². The number of amides is 4. The SMILES string of the molecule is COC(=O)N[C@H](C(=O)N1CCC[C@H]1c1nc2c([nH]1)CCc1cc(-c3ccc4c(cnc5nc([C@@H]6CCCN6C(=O)[C@@H](NC(=O)OC)C(C)C)[nH]c54)c3)sc1-2)C(C)C.